The third kappa shape index (κ3) is 13.7. The van der Waals surface area contributed by atoms with E-state index in [2.05, 4.69) is 69.6 Å². The van der Waals surface area contributed by atoms with Gasteiger partial charge in [-0.2, -0.15) is 0 Å². The molecule has 0 N–H and O–H groups in total. The molecule has 2 aromatic carbocycles. The summed E-state index contributed by atoms with van der Waals surface area (Å²) < 4.78 is 12.4. The zero-order chi connectivity index (χ0) is 26.9. The molecule has 0 aliphatic heterocycles. The van der Waals surface area contributed by atoms with E-state index >= 15 is 0 Å². The van der Waals surface area contributed by atoms with E-state index in [1.807, 2.05) is 19.9 Å². The first kappa shape index (κ1) is 30.9. The molecule has 0 aliphatic rings. The fourth-order valence-electron chi connectivity index (χ4n) is 4.91. The van der Waals surface area contributed by atoms with E-state index in [-0.39, 0.29) is 18.0 Å². The van der Waals surface area contributed by atoms with Crippen LogP contribution in [0.15, 0.2) is 54.6 Å². The summed E-state index contributed by atoms with van der Waals surface area (Å²) in [5, 5.41) is 0. The van der Waals surface area contributed by atoms with Crippen molar-refractivity contribution in [2.24, 2.45) is 5.92 Å². The fraction of sp³-hybridized carbons (Fsp3) is 0.606. The fourth-order valence-corrected chi connectivity index (χ4v) is 4.91. The minimum Gasteiger partial charge on any atom is -0.491 e. The number of hydrogen-bond donors (Lipinski definition) is 0. The van der Waals surface area contributed by atoms with Gasteiger partial charge in [-0.1, -0.05) is 94.3 Å². The Morgan fingerprint density at radius 3 is 2.08 bits per heavy atom. The Morgan fingerprint density at radius 1 is 0.811 bits per heavy atom. The third-order valence-corrected chi connectivity index (χ3v) is 6.97. The van der Waals surface area contributed by atoms with Crippen molar-refractivity contribution in [2.45, 2.75) is 97.6 Å². The second-order valence-corrected chi connectivity index (χ2v) is 11.4. The topological polar surface area (TPSA) is 35.5 Å². The van der Waals surface area contributed by atoms with Gasteiger partial charge in [0.2, 0.25) is 0 Å². The molecule has 2 unspecified atom stereocenters. The van der Waals surface area contributed by atoms with Gasteiger partial charge < -0.3 is 14.0 Å². The molecule has 0 amide bonds. The smallest absolute Gasteiger partial charge is 0.314 e. The van der Waals surface area contributed by atoms with Gasteiger partial charge >= 0.3 is 5.97 Å². The van der Waals surface area contributed by atoms with Gasteiger partial charge in [0, 0.05) is 12.0 Å². The molecule has 0 saturated heterocycles. The Bertz CT molecular complexity index is 863. The van der Waals surface area contributed by atoms with Crippen LogP contribution in [-0.2, 0) is 22.5 Å². The minimum atomic E-state index is -0.150. The molecular weight excluding hydrogens is 458 g/mol. The molecular formula is C33H52NO3+. The van der Waals surface area contributed by atoms with Crippen LogP contribution in [0.25, 0.3) is 0 Å². The standard InChI is InChI=1S/C33H52NO3/c1-6-7-8-9-10-11-12-14-17-30-20-22-32(23-21-30)37-29(3)24-25-36-33(35)28(2)26-34(4,5)27-31-18-15-13-16-19-31/h13,15-16,18-23,28-29H,6-12,14,17,24-27H2,1-5H3/q+1. The quantitative estimate of drug-likeness (QED) is 0.109. The molecule has 2 aromatic rings. The van der Waals surface area contributed by atoms with Crippen LogP contribution in [-0.4, -0.2) is 43.8 Å². The maximum atomic E-state index is 12.6. The summed E-state index contributed by atoms with van der Waals surface area (Å²) >= 11 is 0. The number of benzene rings is 2. The largest absolute Gasteiger partial charge is 0.491 e. The van der Waals surface area contributed by atoms with Crippen LogP contribution in [0.5, 0.6) is 5.75 Å². The molecule has 2 atom stereocenters. The van der Waals surface area contributed by atoms with E-state index in [0.29, 0.717) is 13.0 Å². The van der Waals surface area contributed by atoms with E-state index < -0.39 is 0 Å². The number of aryl methyl sites for hydroxylation is 1. The molecule has 0 aliphatic carbocycles. The number of quaternary nitrogens is 1. The Labute approximate surface area is 227 Å². The van der Waals surface area contributed by atoms with Gasteiger partial charge in [-0.3, -0.25) is 4.79 Å². The van der Waals surface area contributed by atoms with Crippen molar-refractivity contribution in [3.8, 4) is 5.75 Å². The van der Waals surface area contributed by atoms with Crippen LogP contribution in [0, 0.1) is 5.92 Å². The van der Waals surface area contributed by atoms with Gasteiger partial charge in [-0.15, -0.1) is 0 Å². The zero-order valence-electron chi connectivity index (χ0n) is 24.2. The van der Waals surface area contributed by atoms with Gasteiger partial charge in [-0.05, 0) is 44.4 Å². The van der Waals surface area contributed by atoms with Crippen LogP contribution in [0.4, 0.5) is 0 Å². The molecule has 4 heteroatoms. The number of rotatable bonds is 19. The number of carbonyl (C=O) groups is 1. The number of esters is 1. The summed E-state index contributed by atoms with van der Waals surface area (Å²) in [4.78, 5) is 12.6. The zero-order valence-corrected chi connectivity index (χ0v) is 24.2. The summed E-state index contributed by atoms with van der Waals surface area (Å²) in [6.45, 7) is 8.28. The van der Waals surface area contributed by atoms with Crippen molar-refractivity contribution in [3.63, 3.8) is 0 Å². The maximum absolute atomic E-state index is 12.6. The molecule has 0 aromatic heterocycles. The second-order valence-electron chi connectivity index (χ2n) is 11.4. The predicted molar refractivity (Wildman–Crippen MR) is 155 cm³/mol. The van der Waals surface area contributed by atoms with Crippen molar-refractivity contribution in [3.05, 3.63) is 65.7 Å². The van der Waals surface area contributed by atoms with Crippen LogP contribution < -0.4 is 4.74 Å². The highest BCUT2D eigenvalue weighted by Gasteiger charge is 2.25. The first-order valence-electron chi connectivity index (χ1n) is 14.6. The first-order valence-corrected chi connectivity index (χ1v) is 14.6. The number of hydrogen-bond acceptors (Lipinski definition) is 3. The monoisotopic (exact) mass is 510 g/mol. The van der Waals surface area contributed by atoms with Crippen molar-refractivity contribution in [1.29, 1.82) is 0 Å². The molecule has 4 nitrogen and oxygen atoms in total. The summed E-state index contributed by atoms with van der Waals surface area (Å²) in [5.41, 5.74) is 2.66. The van der Waals surface area contributed by atoms with E-state index in [4.69, 9.17) is 9.47 Å². The minimum absolute atomic E-state index is 0.00744. The maximum Gasteiger partial charge on any atom is 0.314 e. The predicted octanol–water partition coefficient (Wildman–Crippen LogP) is 7.98. The average Bonchev–Trinajstić information content (AvgIpc) is 2.86. The third-order valence-electron chi connectivity index (χ3n) is 6.97. The van der Waals surface area contributed by atoms with Gasteiger partial charge in [0.05, 0.1) is 33.4 Å². The Hall–Kier alpha value is -2.33. The Morgan fingerprint density at radius 2 is 1.43 bits per heavy atom. The lowest BCUT2D eigenvalue weighted by molar-refractivity contribution is -0.905. The van der Waals surface area contributed by atoms with Crippen LogP contribution >= 0.6 is 0 Å². The first-order chi connectivity index (χ1) is 17.8. The summed E-state index contributed by atoms with van der Waals surface area (Å²) in [7, 11) is 4.32. The SMILES string of the molecule is CCCCCCCCCCc1ccc(OC(C)CCOC(=O)C(C)C[N+](C)(C)Cc2ccccc2)cc1. The number of carbonyl (C=O) groups excluding carboxylic acids is 1. The van der Waals surface area contributed by atoms with E-state index in [0.717, 1.165) is 29.7 Å². The highest BCUT2D eigenvalue weighted by Crippen LogP contribution is 2.18. The normalized spacial score (nSPS) is 13.2. The van der Waals surface area contributed by atoms with Crippen molar-refractivity contribution < 1.29 is 18.8 Å². The molecule has 0 spiro atoms. The molecule has 0 radical (unpaired) electrons. The number of nitrogens with zero attached hydrogens (tertiary/aromatic N) is 1. The second kappa shape index (κ2) is 17.2. The van der Waals surface area contributed by atoms with Crippen LogP contribution in [0.2, 0.25) is 0 Å². The number of ether oxygens (including phenoxy) is 2. The molecule has 2 rings (SSSR count). The average molecular weight is 511 g/mol. The molecule has 206 valence electrons. The molecule has 0 heterocycles. The summed E-state index contributed by atoms with van der Waals surface area (Å²) in [6.07, 6.45) is 12.6. The van der Waals surface area contributed by atoms with E-state index in [1.165, 1.54) is 62.5 Å². The lowest BCUT2D eigenvalue weighted by atomic mass is 10.0. The van der Waals surface area contributed by atoms with Gasteiger partial charge in [0.15, 0.2) is 0 Å². The number of unbranched alkanes of at least 4 members (excludes halogenated alkanes) is 7. The lowest BCUT2D eigenvalue weighted by Gasteiger charge is -2.32. The van der Waals surface area contributed by atoms with Crippen molar-refractivity contribution in [1.82, 2.24) is 0 Å². The summed E-state index contributed by atoms with van der Waals surface area (Å²) in [5.74, 6) is 0.604. The molecule has 0 bridgehead atoms. The van der Waals surface area contributed by atoms with Gasteiger partial charge in [-0.25, -0.2) is 0 Å². The molecule has 0 saturated carbocycles. The highest BCUT2D eigenvalue weighted by atomic mass is 16.5. The van der Waals surface area contributed by atoms with Crippen LogP contribution in [0.3, 0.4) is 0 Å². The van der Waals surface area contributed by atoms with Gasteiger partial charge in [0.25, 0.3) is 0 Å². The highest BCUT2D eigenvalue weighted by molar-refractivity contribution is 5.72. The van der Waals surface area contributed by atoms with Crippen molar-refractivity contribution in [2.75, 3.05) is 27.2 Å². The van der Waals surface area contributed by atoms with E-state index in [1.54, 1.807) is 0 Å². The lowest BCUT2D eigenvalue weighted by Crippen LogP contribution is -2.44. The Kier molecular flexibility index (Phi) is 14.4. The molecule has 0 fully saturated rings. The van der Waals surface area contributed by atoms with E-state index in [9.17, 15) is 4.79 Å². The van der Waals surface area contributed by atoms with Crippen molar-refractivity contribution >= 4 is 5.97 Å². The van der Waals surface area contributed by atoms with Gasteiger partial charge in [0.1, 0.15) is 18.2 Å². The van der Waals surface area contributed by atoms with Crippen LogP contribution in [0.1, 0.15) is 89.7 Å². The molecule has 37 heavy (non-hydrogen) atoms. The Balaban J connectivity index is 1.60. The summed E-state index contributed by atoms with van der Waals surface area (Å²) in [6, 6.07) is 18.9.